The average molecular weight is 308 g/mol. The van der Waals surface area contributed by atoms with Crippen LogP contribution in [0.25, 0.3) is 0 Å². The lowest BCUT2D eigenvalue weighted by molar-refractivity contribution is -0.116. The fraction of sp³-hybridized carbons (Fsp3) is 0.400. The van der Waals surface area contributed by atoms with Crippen LogP contribution in [0.4, 0.5) is 0 Å². The SMILES string of the molecule is CC(C)CN1C=CC(=O)CC1c1ccc(Br)cc1. The highest BCUT2D eigenvalue weighted by atomic mass is 79.9. The van der Waals surface area contributed by atoms with Gasteiger partial charge in [-0.05, 0) is 29.7 Å². The topological polar surface area (TPSA) is 20.3 Å². The van der Waals surface area contributed by atoms with Crippen LogP contribution in [0.5, 0.6) is 0 Å². The normalized spacial score (nSPS) is 19.7. The summed E-state index contributed by atoms with van der Waals surface area (Å²) in [7, 11) is 0. The number of halogens is 1. The summed E-state index contributed by atoms with van der Waals surface area (Å²) in [5.41, 5.74) is 1.21. The van der Waals surface area contributed by atoms with E-state index in [2.05, 4.69) is 46.8 Å². The zero-order valence-corrected chi connectivity index (χ0v) is 12.4. The van der Waals surface area contributed by atoms with Gasteiger partial charge in [-0.3, -0.25) is 4.79 Å². The Hall–Kier alpha value is -1.09. The molecule has 0 N–H and O–H groups in total. The van der Waals surface area contributed by atoms with Crippen molar-refractivity contribution < 1.29 is 4.79 Å². The zero-order valence-electron chi connectivity index (χ0n) is 10.8. The number of hydrogen-bond donors (Lipinski definition) is 0. The Labute approximate surface area is 117 Å². The van der Waals surface area contributed by atoms with E-state index in [0.717, 1.165) is 11.0 Å². The summed E-state index contributed by atoms with van der Waals surface area (Å²) in [6.45, 7) is 5.37. The Kier molecular flexibility index (Phi) is 4.23. The van der Waals surface area contributed by atoms with E-state index in [-0.39, 0.29) is 11.8 Å². The standard InChI is InChI=1S/C15H18BrNO/c1-11(2)10-17-8-7-14(18)9-15(17)12-3-5-13(16)6-4-12/h3-8,11,15H,9-10H2,1-2H3. The molecule has 0 saturated carbocycles. The van der Waals surface area contributed by atoms with Gasteiger partial charge < -0.3 is 4.90 Å². The molecule has 0 bridgehead atoms. The molecule has 0 saturated heterocycles. The molecule has 1 atom stereocenters. The van der Waals surface area contributed by atoms with Crippen molar-refractivity contribution in [3.05, 3.63) is 46.6 Å². The van der Waals surface area contributed by atoms with Crippen LogP contribution in [0, 0.1) is 5.92 Å². The summed E-state index contributed by atoms with van der Waals surface area (Å²) in [5.74, 6) is 0.795. The molecular formula is C15H18BrNO. The fourth-order valence-corrected chi connectivity index (χ4v) is 2.53. The predicted molar refractivity (Wildman–Crippen MR) is 77.2 cm³/mol. The van der Waals surface area contributed by atoms with Crippen LogP contribution in [0.2, 0.25) is 0 Å². The molecule has 0 fully saturated rings. The van der Waals surface area contributed by atoms with Gasteiger partial charge in [0.1, 0.15) is 0 Å². The first-order chi connectivity index (χ1) is 8.56. The van der Waals surface area contributed by atoms with E-state index in [9.17, 15) is 4.79 Å². The van der Waals surface area contributed by atoms with Crippen molar-refractivity contribution >= 4 is 21.7 Å². The molecule has 1 aromatic rings. The number of nitrogens with zero attached hydrogens (tertiary/aromatic N) is 1. The first kappa shape index (κ1) is 13.3. The molecule has 96 valence electrons. The monoisotopic (exact) mass is 307 g/mol. The summed E-state index contributed by atoms with van der Waals surface area (Å²) in [6, 6.07) is 8.43. The Bertz CT molecular complexity index is 450. The molecule has 1 heterocycles. The van der Waals surface area contributed by atoms with Crippen molar-refractivity contribution in [1.82, 2.24) is 4.90 Å². The summed E-state index contributed by atoms with van der Waals surface area (Å²) in [5, 5.41) is 0. The first-order valence-corrected chi connectivity index (χ1v) is 7.08. The molecule has 1 aromatic carbocycles. The number of carbonyl (C=O) groups excluding carboxylic acids is 1. The molecule has 18 heavy (non-hydrogen) atoms. The second kappa shape index (κ2) is 5.70. The highest BCUT2D eigenvalue weighted by Crippen LogP contribution is 2.29. The maximum Gasteiger partial charge on any atom is 0.159 e. The fourth-order valence-electron chi connectivity index (χ4n) is 2.26. The lowest BCUT2D eigenvalue weighted by Gasteiger charge is -2.34. The van der Waals surface area contributed by atoms with Gasteiger partial charge in [0.15, 0.2) is 5.78 Å². The third-order valence-electron chi connectivity index (χ3n) is 3.08. The minimum atomic E-state index is 0.179. The van der Waals surface area contributed by atoms with E-state index >= 15 is 0 Å². The van der Waals surface area contributed by atoms with Gasteiger partial charge in [-0.25, -0.2) is 0 Å². The first-order valence-electron chi connectivity index (χ1n) is 6.28. The molecule has 1 aliphatic heterocycles. The largest absolute Gasteiger partial charge is 0.370 e. The van der Waals surface area contributed by atoms with Crippen molar-refractivity contribution in [3.63, 3.8) is 0 Å². The molecule has 0 amide bonds. The third kappa shape index (κ3) is 3.22. The highest BCUT2D eigenvalue weighted by molar-refractivity contribution is 9.10. The quantitative estimate of drug-likeness (QED) is 0.843. The number of hydrogen-bond acceptors (Lipinski definition) is 2. The van der Waals surface area contributed by atoms with Crippen LogP contribution in [0.3, 0.4) is 0 Å². The van der Waals surface area contributed by atoms with E-state index in [4.69, 9.17) is 0 Å². The second-order valence-electron chi connectivity index (χ2n) is 5.14. The zero-order chi connectivity index (χ0) is 13.1. The van der Waals surface area contributed by atoms with Crippen molar-refractivity contribution in [3.8, 4) is 0 Å². The molecule has 0 radical (unpaired) electrons. The smallest absolute Gasteiger partial charge is 0.159 e. The third-order valence-corrected chi connectivity index (χ3v) is 3.61. The summed E-state index contributed by atoms with van der Waals surface area (Å²) < 4.78 is 1.07. The van der Waals surface area contributed by atoms with Crippen molar-refractivity contribution in [2.45, 2.75) is 26.3 Å². The second-order valence-corrected chi connectivity index (χ2v) is 6.06. The summed E-state index contributed by atoms with van der Waals surface area (Å²) >= 11 is 3.44. The van der Waals surface area contributed by atoms with E-state index in [1.54, 1.807) is 6.08 Å². The van der Waals surface area contributed by atoms with Gasteiger partial charge >= 0.3 is 0 Å². The highest BCUT2D eigenvalue weighted by Gasteiger charge is 2.24. The van der Waals surface area contributed by atoms with Crippen LogP contribution in [0.15, 0.2) is 41.0 Å². The molecule has 0 spiro atoms. The maximum atomic E-state index is 11.6. The van der Waals surface area contributed by atoms with Gasteiger partial charge in [-0.1, -0.05) is 41.9 Å². The van der Waals surface area contributed by atoms with E-state index in [1.165, 1.54) is 5.56 Å². The molecule has 0 aliphatic carbocycles. The molecule has 0 aromatic heterocycles. The molecule has 1 aliphatic rings. The minimum absolute atomic E-state index is 0.179. The van der Waals surface area contributed by atoms with Crippen LogP contribution in [-0.2, 0) is 4.79 Å². The van der Waals surface area contributed by atoms with E-state index in [0.29, 0.717) is 12.3 Å². The molecular weight excluding hydrogens is 290 g/mol. The number of carbonyl (C=O) groups is 1. The van der Waals surface area contributed by atoms with Gasteiger partial charge in [-0.15, -0.1) is 0 Å². The van der Waals surface area contributed by atoms with E-state index < -0.39 is 0 Å². The van der Waals surface area contributed by atoms with Crippen LogP contribution < -0.4 is 0 Å². The van der Waals surface area contributed by atoms with E-state index in [1.807, 2.05) is 18.3 Å². The van der Waals surface area contributed by atoms with Gasteiger partial charge in [0, 0.05) is 23.6 Å². The number of rotatable bonds is 3. The van der Waals surface area contributed by atoms with Crippen LogP contribution in [0.1, 0.15) is 31.9 Å². The van der Waals surface area contributed by atoms with Crippen molar-refractivity contribution in [1.29, 1.82) is 0 Å². The Morgan fingerprint density at radius 1 is 1.33 bits per heavy atom. The number of benzene rings is 1. The van der Waals surface area contributed by atoms with Crippen molar-refractivity contribution in [2.75, 3.05) is 6.54 Å². The van der Waals surface area contributed by atoms with Gasteiger partial charge in [0.05, 0.1) is 6.04 Å². The Balaban J connectivity index is 2.24. The van der Waals surface area contributed by atoms with Gasteiger partial charge in [0.2, 0.25) is 0 Å². The van der Waals surface area contributed by atoms with Gasteiger partial charge in [0.25, 0.3) is 0 Å². The number of allylic oxidation sites excluding steroid dienone is 1. The Morgan fingerprint density at radius 3 is 2.61 bits per heavy atom. The molecule has 2 rings (SSSR count). The molecule has 3 heteroatoms. The van der Waals surface area contributed by atoms with Crippen molar-refractivity contribution in [2.24, 2.45) is 5.92 Å². The molecule has 2 nitrogen and oxygen atoms in total. The lowest BCUT2D eigenvalue weighted by atomic mass is 9.96. The summed E-state index contributed by atoms with van der Waals surface area (Å²) in [4.78, 5) is 13.9. The summed E-state index contributed by atoms with van der Waals surface area (Å²) in [6.07, 6.45) is 4.21. The minimum Gasteiger partial charge on any atom is -0.370 e. The Morgan fingerprint density at radius 2 is 2.00 bits per heavy atom. The molecule has 1 unspecified atom stereocenters. The van der Waals surface area contributed by atoms with Crippen LogP contribution in [-0.4, -0.2) is 17.2 Å². The lowest BCUT2D eigenvalue weighted by Crippen LogP contribution is -2.31. The van der Waals surface area contributed by atoms with Crippen LogP contribution >= 0.6 is 15.9 Å². The maximum absolute atomic E-state index is 11.6. The van der Waals surface area contributed by atoms with Gasteiger partial charge in [-0.2, -0.15) is 0 Å². The predicted octanol–water partition coefficient (Wildman–Crippen LogP) is 3.93. The number of ketones is 1. The average Bonchev–Trinajstić information content (AvgIpc) is 2.32.